The van der Waals surface area contributed by atoms with Gasteiger partial charge in [0.05, 0.1) is 4.90 Å². The van der Waals surface area contributed by atoms with E-state index in [1.54, 1.807) is 18.2 Å². The van der Waals surface area contributed by atoms with E-state index >= 15 is 0 Å². The number of hydrogen-bond acceptors (Lipinski definition) is 9. The fourth-order valence-corrected chi connectivity index (χ4v) is 4.94. The zero-order valence-electron chi connectivity index (χ0n) is 20.4. The number of carbonyl (C=O) groups excluding carboxylic acids is 1. The number of nitrogens with zero attached hydrogens (tertiary/aromatic N) is 4. The highest BCUT2D eigenvalue weighted by Crippen LogP contribution is 2.42. The average molecular weight is 523 g/mol. The van der Waals surface area contributed by atoms with Gasteiger partial charge in [0.1, 0.15) is 5.82 Å². The first-order valence-corrected chi connectivity index (χ1v) is 14.0. The lowest BCUT2D eigenvalue weighted by Crippen LogP contribution is -2.35. The van der Waals surface area contributed by atoms with Crippen LogP contribution in [-0.4, -0.2) is 47.4 Å². The molecule has 2 aromatic heterocycles. The number of carbonyl (C=O) groups is 1. The Balaban J connectivity index is 1.18. The van der Waals surface area contributed by atoms with Gasteiger partial charge in [-0.05, 0) is 68.4 Å². The molecular weight excluding hydrogens is 492 g/mol. The summed E-state index contributed by atoms with van der Waals surface area (Å²) in [4.78, 5) is 29.0. The molecule has 1 amide bonds. The summed E-state index contributed by atoms with van der Waals surface area (Å²) in [5.41, 5.74) is 1.75. The van der Waals surface area contributed by atoms with Gasteiger partial charge in [-0.15, -0.1) is 0 Å². The van der Waals surface area contributed by atoms with Gasteiger partial charge in [0, 0.05) is 48.8 Å². The standard InChI is InChI=1S/C25H30N8O3S/c34-23(18-4-1-5-18)27-13-2-12-26-22-21(17-6-7-17)16-30-25(32-22)31-19-8-10-20(11-9-19)37(35,36)33-24-28-14-3-15-29-24/h3,8-11,14-18H,1-2,4-7,12-13H2,(H,27,34)(H,28,29,33)(H2,26,30,31,32). The van der Waals surface area contributed by atoms with Crippen LogP contribution in [0.4, 0.5) is 23.4 Å². The second-order valence-corrected chi connectivity index (χ2v) is 11.0. The van der Waals surface area contributed by atoms with Crippen LogP contribution in [-0.2, 0) is 14.8 Å². The first-order valence-electron chi connectivity index (χ1n) is 12.5. The van der Waals surface area contributed by atoms with Crippen LogP contribution in [0, 0.1) is 5.92 Å². The van der Waals surface area contributed by atoms with Gasteiger partial charge in [-0.1, -0.05) is 6.42 Å². The maximum Gasteiger partial charge on any atom is 0.264 e. The number of benzene rings is 1. The molecule has 2 aliphatic carbocycles. The number of hydrogen-bond donors (Lipinski definition) is 4. The minimum absolute atomic E-state index is 0.00891. The molecule has 2 fully saturated rings. The molecule has 2 heterocycles. The summed E-state index contributed by atoms with van der Waals surface area (Å²) < 4.78 is 27.5. The quantitative estimate of drug-likeness (QED) is 0.262. The number of sulfonamides is 1. The van der Waals surface area contributed by atoms with E-state index in [1.807, 2.05) is 6.20 Å². The summed E-state index contributed by atoms with van der Waals surface area (Å²) in [7, 11) is -3.81. The largest absolute Gasteiger partial charge is 0.370 e. The summed E-state index contributed by atoms with van der Waals surface area (Å²) in [6, 6.07) is 7.88. The highest BCUT2D eigenvalue weighted by atomic mass is 32.2. The lowest BCUT2D eigenvalue weighted by atomic mass is 9.85. The monoisotopic (exact) mass is 522 g/mol. The van der Waals surface area contributed by atoms with Gasteiger partial charge in [0.25, 0.3) is 10.0 Å². The topological polar surface area (TPSA) is 151 Å². The molecule has 4 N–H and O–H groups in total. The Morgan fingerprint density at radius 3 is 2.38 bits per heavy atom. The Hall–Kier alpha value is -3.80. The zero-order valence-corrected chi connectivity index (χ0v) is 21.2. The third kappa shape index (κ3) is 6.50. The molecule has 37 heavy (non-hydrogen) atoms. The molecule has 0 radical (unpaired) electrons. The number of anilines is 4. The molecule has 11 nitrogen and oxygen atoms in total. The van der Waals surface area contributed by atoms with Crippen molar-refractivity contribution in [1.29, 1.82) is 0 Å². The van der Waals surface area contributed by atoms with Crippen molar-refractivity contribution >= 4 is 39.3 Å². The first kappa shape index (κ1) is 24.9. The van der Waals surface area contributed by atoms with Crippen molar-refractivity contribution in [1.82, 2.24) is 25.3 Å². The van der Waals surface area contributed by atoms with Crippen molar-refractivity contribution < 1.29 is 13.2 Å². The second-order valence-electron chi connectivity index (χ2n) is 9.30. The Bertz CT molecular complexity index is 1330. The molecule has 0 atom stereocenters. The number of nitrogens with one attached hydrogen (secondary N) is 4. The van der Waals surface area contributed by atoms with E-state index in [4.69, 9.17) is 0 Å². The van der Waals surface area contributed by atoms with Gasteiger partial charge in [-0.25, -0.2) is 28.1 Å². The Morgan fingerprint density at radius 1 is 0.946 bits per heavy atom. The number of aromatic nitrogens is 4. The van der Waals surface area contributed by atoms with Crippen molar-refractivity contribution in [2.24, 2.45) is 5.92 Å². The lowest BCUT2D eigenvalue weighted by molar-refractivity contribution is -0.127. The van der Waals surface area contributed by atoms with E-state index in [2.05, 4.69) is 40.6 Å². The maximum absolute atomic E-state index is 12.6. The molecule has 0 spiro atoms. The van der Waals surface area contributed by atoms with Crippen LogP contribution < -0.4 is 20.7 Å². The third-order valence-corrected chi connectivity index (χ3v) is 7.81. The van der Waals surface area contributed by atoms with Gasteiger partial charge < -0.3 is 16.0 Å². The summed E-state index contributed by atoms with van der Waals surface area (Å²) in [5.74, 6) is 2.05. The minimum atomic E-state index is -3.81. The number of rotatable bonds is 12. The maximum atomic E-state index is 12.6. The zero-order chi connectivity index (χ0) is 25.7. The van der Waals surface area contributed by atoms with Crippen molar-refractivity contribution in [3.8, 4) is 0 Å². The predicted octanol–water partition coefficient (Wildman–Crippen LogP) is 3.41. The van der Waals surface area contributed by atoms with Crippen molar-refractivity contribution in [3.63, 3.8) is 0 Å². The van der Waals surface area contributed by atoms with Gasteiger partial charge in [0.2, 0.25) is 17.8 Å². The number of amides is 1. The Labute approximate surface area is 216 Å². The molecule has 0 saturated heterocycles. The summed E-state index contributed by atoms with van der Waals surface area (Å²) in [6.45, 7) is 1.32. The highest BCUT2D eigenvalue weighted by molar-refractivity contribution is 7.92. The van der Waals surface area contributed by atoms with Crippen LogP contribution in [0.15, 0.2) is 53.8 Å². The Kier molecular flexibility index (Phi) is 7.45. The fraction of sp³-hybridized carbons (Fsp3) is 0.400. The van der Waals surface area contributed by atoms with E-state index in [-0.39, 0.29) is 22.7 Å². The van der Waals surface area contributed by atoms with E-state index < -0.39 is 10.0 Å². The smallest absolute Gasteiger partial charge is 0.264 e. The van der Waals surface area contributed by atoms with E-state index in [0.717, 1.165) is 49.9 Å². The normalized spacial score (nSPS) is 15.5. The van der Waals surface area contributed by atoms with Crippen molar-refractivity contribution in [3.05, 3.63) is 54.5 Å². The molecule has 5 rings (SSSR count). The van der Waals surface area contributed by atoms with Gasteiger partial charge >= 0.3 is 0 Å². The molecule has 2 aliphatic rings. The highest BCUT2D eigenvalue weighted by Gasteiger charge is 2.28. The van der Waals surface area contributed by atoms with Gasteiger partial charge in [-0.3, -0.25) is 4.79 Å². The molecule has 3 aromatic rings. The Morgan fingerprint density at radius 2 is 1.70 bits per heavy atom. The average Bonchev–Trinajstić information content (AvgIpc) is 3.69. The van der Waals surface area contributed by atoms with Crippen LogP contribution in [0.2, 0.25) is 0 Å². The second kappa shape index (κ2) is 11.1. The van der Waals surface area contributed by atoms with E-state index in [9.17, 15) is 13.2 Å². The summed E-state index contributed by atoms with van der Waals surface area (Å²) in [5, 5.41) is 9.56. The third-order valence-electron chi connectivity index (χ3n) is 6.47. The summed E-state index contributed by atoms with van der Waals surface area (Å²) >= 11 is 0. The van der Waals surface area contributed by atoms with Crippen molar-refractivity contribution in [2.75, 3.05) is 28.4 Å². The molecule has 194 valence electrons. The van der Waals surface area contributed by atoms with E-state index in [0.29, 0.717) is 30.6 Å². The molecule has 2 saturated carbocycles. The fourth-order valence-electron chi connectivity index (χ4n) is 3.99. The SMILES string of the molecule is O=C(NCCCNc1nc(Nc2ccc(S(=O)(=O)Nc3ncccn3)cc2)ncc1C1CC1)C1CCC1. The predicted molar refractivity (Wildman–Crippen MR) is 140 cm³/mol. The molecule has 12 heteroatoms. The van der Waals surface area contributed by atoms with Crippen LogP contribution in [0.1, 0.15) is 50.0 Å². The van der Waals surface area contributed by atoms with Crippen LogP contribution in [0.25, 0.3) is 0 Å². The van der Waals surface area contributed by atoms with E-state index in [1.165, 1.54) is 24.5 Å². The van der Waals surface area contributed by atoms with Gasteiger partial charge in [0.15, 0.2) is 0 Å². The molecule has 0 bridgehead atoms. The molecular formula is C25H30N8O3S. The van der Waals surface area contributed by atoms with Crippen LogP contribution >= 0.6 is 0 Å². The lowest BCUT2D eigenvalue weighted by Gasteiger charge is -2.24. The minimum Gasteiger partial charge on any atom is -0.370 e. The summed E-state index contributed by atoms with van der Waals surface area (Å²) in [6.07, 6.45) is 11.0. The molecule has 0 aliphatic heterocycles. The molecule has 1 aromatic carbocycles. The van der Waals surface area contributed by atoms with Gasteiger partial charge in [-0.2, -0.15) is 4.98 Å². The first-order chi connectivity index (χ1) is 18.0. The molecule has 0 unspecified atom stereocenters. The van der Waals surface area contributed by atoms with Crippen LogP contribution in [0.5, 0.6) is 0 Å². The van der Waals surface area contributed by atoms with Crippen LogP contribution in [0.3, 0.4) is 0 Å². The van der Waals surface area contributed by atoms with Crippen molar-refractivity contribution in [2.45, 2.75) is 49.3 Å².